The van der Waals surface area contributed by atoms with E-state index in [1.54, 1.807) is 0 Å². The van der Waals surface area contributed by atoms with Crippen molar-refractivity contribution >= 4 is 24.3 Å². The number of hydrogen-bond donors (Lipinski definition) is 0. The Morgan fingerprint density at radius 3 is 3.00 bits per heavy atom. The number of ether oxygens (including phenoxy) is 1. The van der Waals surface area contributed by atoms with Crippen molar-refractivity contribution in [3.8, 4) is 4.75 Å². The zero-order chi connectivity index (χ0) is 9.80. The van der Waals surface area contributed by atoms with E-state index in [-0.39, 0.29) is 0 Å². The van der Waals surface area contributed by atoms with Crippen molar-refractivity contribution in [3.05, 3.63) is 24.3 Å². The first-order chi connectivity index (χ1) is 6.90. The minimum atomic E-state index is 0.296. The Bertz CT molecular complexity index is 377. The molecule has 0 radical (unpaired) electrons. The molecule has 0 spiro atoms. The van der Waals surface area contributed by atoms with Crippen LogP contribution >= 0.6 is 0 Å². The third kappa shape index (κ3) is 2.17. The van der Waals surface area contributed by atoms with Gasteiger partial charge in [-0.25, -0.2) is 0 Å². The first kappa shape index (κ1) is 9.75. The van der Waals surface area contributed by atoms with Gasteiger partial charge in [0.25, 0.3) is 0 Å². The van der Waals surface area contributed by atoms with Crippen LogP contribution in [-0.2, 0) is 0 Å². The standard InChI is InChI=1S/C11H13NOSe/c1-2-3-8-13-11-12-9-6-4-5-7-10(9)14-11/h4-7H,2-3,8H2,1H3. The summed E-state index contributed by atoms with van der Waals surface area (Å²) >= 11 is 0.296. The predicted octanol–water partition coefficient (Wildman–Crippen LogP) is 2.47. The van der Waals surface area contributed by atoms with E-state index < -0.39 is 0 Å². The van der Waals surface area contributed by atoms with Gasteiger partial charge in [0.2, 0.25) is 0 Å². The molecule has 2 rings (SSSR count). The molecule has 1 aromatic heterocycles. The number of fused-ring (bicyclic) bond motifs is 1. The van der Waals surface area contributed by atoms with Gasteiger partial charge in [-0.3, -0.25) is 0 Å². The third-order valence-electron chi connectivity index (χ3n) is 2.00. The van der Waals surface area contributed by atoms with Gasteiger partial charge >= 0.3 is 89.4 Å². The average molecular weight is 254 g/mol. The number of unbranched alkanes of at least 4 members (excludes halogenated alkanes) is 1. The molecule has 2 aromatic rings. The van der Waals surface area contributed by atoms with Crippen LogP contribution in [0.4, 0.5) is 0 Å². The minimum absolute atomic E-state index is 0.296. The molecular formula is C11H13NOSe. The molecule has 1 aromatic carbocycles. The Morgan fingerprint density at radius 2 is 2.21 bits per heavy atom. The van der Waals surface area contributed by atoms with Crippen molar-refractivity contribution in [1.29, 1.82) is 0 Å². The van der Waals surface area contributed by atoms with Gasteiger partial charge in [0.15, 0.2) is 0 Å². The molecule has 74 valence electrons. The average Bonchev–Trinajstić information content (AvgIpc) is 2.60. The van der Waals surface area contributed by atoms with Gasteiger partial charge in [0.1, 0.15) is 0 Å². The summed E-state index contributed by atoms with van der Waals surface area (Å²) < 4.78 is 7.88. The normalized spacial score (nSPS) is 10.6. The van der Waals surface area contributed by atoms with Crippen LogP contribution in [0.5, 0.6) is 4.75 Å². The number of benzene rings is 1. The summed E-state index contributed by atoms with van der Waals surface area (Å²) in [6.07, 6.45) is 2.29. The van der Waals surface area contributed by atoms with E-state index in [4.69, 9.17) is 4.74 Å². The first-order valence-corrected chi connectivity index (χ1v) is 6.60. The summed E-state index contributed by atoms with van der Waals surface area (Å²) in [4.78, 5) is 4.45. The van der Waals surface area contributed by atoms with Gasteiger partial charge in [-0.2, -0.15) is 0 Å². The van der Waals surface area contributed by atoms with E-state index in [2.05, 4.69) is 24.0 Å². The topological polar surface area (TPSA) is 22.1 Å². The van der Waals surface area contributed by atoms with Crippen molar-refractivity contribution in [2.45, 2.75) is 19.8 Å². The van der Waals surface area contributed by atoms with Gasteiger partial charge in [0.05, 0.1) is 0 Å². The summed E-state index contributed by atoms with van der Waals surface area (Å²) in [6.45, 7) is 2.98. The molecule has 0 aliphatic heterocycles. The Balaban J connectivity index is 2.11. The Hall–Kier alpha value is -0.791. The van der Waals surface area contributed by atoms with Crippen molar-refractivity contribution in [1.82, 2.24) is 4.98 Å². The summed E-state index contributed by atoms with van der Waals surface area (Å²) in [5.74, 6) is 0. The van der Waals surface area contributed by atoms with Crippen LogP contribution in [0, 0.1) is 0 Å². The third-order valence-corrected chi connectivity index (χ3v) is 3.99. The second-order valence-corrected chi connectivity index (χ2v) is 5.23. The van der Waals surface area contributed by atoms with E-state index in [1.807, 2.05) is 12.1 Å². The van der Waals surface area contributed by atoms with Crippen LogP contribution < -0.4 is 4.74 Å². The first-order valence-electron chi connectivity index (χ1n) is 4.88. The fourth-order valence-electron chi connectivity index (χ4n) is 1.22. The molecule has 0 amide bonds. The van der Waals surface area contributed by atoms with E-state index in [1.165, 1.54) is 10.7 Å². The fourth-order valence-corrected chi connectivity index (χ4v) is 2.98. The molecule has 1 heterocycles. The van der Waals surface area contributed by atoms with Gasteiger partial charge in [-0.05, 0) is 0 Å². The van der Waals surface area contributed by atoms with E-state index in [0.29, 0.717) is 14.5 Å². The maximum atomic E-state index is 5.60. The van der Waals surface area contributed by atoms with E-state index >= 15 is 0 Å². The van der Waals surface area contributed by atoms with Gasteiger partial charge in [-0.15, -0.1) is 0 Å². The SMILES string of the molecule is CCCCOc1nc2ccccc2[se]1. The van der Waals surface area contributed by atoms with Gasteiger partial charge in [-0.1, -0.05) is 0 Å². The van der Waals surface area contributed by atoms with Gasteiger partial charge < -0.3 is 0 Å². The molecule has 14 heavy (non-hydrogen) atoms. The quantitative estimate of drug-likeness (QED) is 0.617. The molecular weight excluding hydrogens is 241 g/mol. The molecule has 0 atom stereocenters. The Kier molecular flexibility index (Phi) is 3.22. The van der Waals surface area contributed by atoms with Crippen molar-refractivity contribution < 1.29 is 4.74 Å². The molecule has 3 heteroatoms. The number of hydrogen-bond acceptors (Lipinski definition) is 2. The fraction of sp³-hybridized carbons (Fsp3) is 0.364. The summed E-state index contributed by atoms with van der Waals surface area (Å²) in [5, 5.41) is 0. The molecule has 0 unspecified atom stereocenters. The number of aromatic nitrogens is 1. The molecule has 0 bridgehead atoms. The van der Waals surface area contributed by atoms with Crippen LogP contribution in [0.2, 0.25) is 0 Å². The summed E-state index contributed by atoms with van der Waals surface area (Å²) in [7, 11) is 0. The van der Waals surface area contributed by atoms with Crippen LogP contribution in [0.1, 0.15) is 19.8 Å². The zero-order valence-corrected chi connectivity index (χ0v) is 9.91. The molecule has 0 saturated heterocycles. The molecule has 0 aliphatic rings. The van der Waals surface area contributed by atoms with Crippen LogP contribution in [0.15, 0.2) is 24.3 Å². The second-order valence-electron chi connectivity index (χ2n) is 3.15. The number of para-hydroxylation sites is 1. The molecule has 0 fully saturated rings. The molecule has 0 N–H and O–H groups in total. The van der Waals surface area contributed by atoms with Crippen LogP contribution in [-0.4, -0.2) is 26.1 Å². The van der Waals surface area contributed by atoms with Crippen molar-refractivity contribution in [2.24, 2.45) is 0 Å². The molecule has 0 saturated carbocycles. The Labute approximate surface area is 89.7 Å². The molecule has 0 aliphatic carbocycles. The van der Waals surface area contributed by atoms with E-state index in [9.17, 15) is 0 Å². The van der Waals surface area contributed by atoms with Crippen molar-refractivity contribution in [2.75, 3.05) is 6.61 Å². The number of nitrogens with zero attached hydrogens (tertiary/aromatic N) is 1. The van der Waals surface area contributed by atoms with E-state index in [0.717, 1.165) is 23.3 Å². The molecule has 2 nitrogen and oxygen atoms in total. The van der Waals surface area contributed by atoms with Crippen LogP contribution in [0.3, 0.4) is 0 Å². The summed E-state index contributed by atoms with van der Waals surface area (Å²) in [6, 6.07) is 8.26. The summed E-state index contributed by atoms with van der Waals surface area (Å²) in [5.41, 5.74) is 1.10. The Morgan fingerprint density at radius 1 is 1.36 bits per heavy atom. The van der Waals surface area contributed by atoms with Gasteiger partial charge in [0, 0.05) is 0 Å². The monoisotopic (exact) mass is 255 g/mol. The van der Waals surface area contributed by atoms with Crippen molar-refractivity contribution in [3.63, 3.8) is 0 Å². The maximum absolute atomic E-state index is 5.60. The number of rotatable bonds is 4. The zero-order valence-electron chi connectivity index (χ0n) is 8.19. The predicted molar refractivity (Wildman–Crippen MR) is 59.1 cm³/mol. The second kappa shape index (κ2) is 4.63. The van der Waals surface area contributed by atoms with Crippen LogP contribution in [0.25, 0.3) is 9.78 Å².